The van der Waals surface area contributed by atoms with E-state index in [1.165, 1.54) is 10.9 Å². The van der Waals surface area contributed by atoms with Crippen LogP contribution in [0.3, 0.4) is 0 Å². The van der Waals surface area contributed by atoms with Gasteiger partial charge in [-0.3, -0.25) is 5.10 Å². The largest absolute Gasteiger partial charge is 0.451 e. The van der Waals surface area contributed by atoms with Gasteiger partial charge >= 0.3 is 6.18 Å². The van der Waals surface area contributed by atoms with Crippen molar-refractivity contribution in [3.8, 4) is 11.5 Å². The van der Waals surface area contributed by atoms with Crippen molar-refractivity contribution in [3.63, 3.8) is 0 Å². The molecule has 0 amide bonds. The van der Waals surface area contributed by atoms with E-state index in [4.69, 9.17) is 0 Å². The van der Waals surface area contributed by atoms with Crippen LogP contribution >= 0.6 is 0 Å². The van der Waals surface area contributed by atoms with Crippen LogP contribution in [0.25, 0.3) is 22.6 Å². The van der Waals surface area contributed by atoms with Gasteiger partial charge in [0.2, 0.25) is 11.6 Å². The highest BCUT2D eigenvalue weighted by molar-refractivity contribution is 5.89. The third-order valence-electron chi connectivity index (χ3n) is 3.80. The molecule has 27 heavy (non-hydrogen) atoms. The molecule has 3 aromatic heterocycles. The highest BCUT2D eigenvalue weighted by Crippen LogP contribution is 2.30. The lowest BCUT2D eigenvalue weighted by molar-refractivity contribution is -0.144. The van der Waals surface area contributed by atoms with Crippen LogP contribution in [0.15, 0.2) is 36.5 Å². The van der Waals surface area contributed by atoms with Crippen LogP contribution in [0.4, 0.5) is 22.0 Å². The lowest BCUT2D eigenvalue weighted by Crippen LogP contribution is -2.07. The number of nitrogens with zero attached hydrogens (tertiary/aromatic N) is 5. The molecule has 0 bridgehead atoms. The molecule has 0 aliphatic heterocycles. The number of aromatic amines is 1. The normalized spacial score (nSPS) is 12.0. The second kappa shape index (κ2) is 6.11. The van der Waals surface area contributed by atoms with Crippen molar-refractivity contribution in [2.75, 3.05) is 0 Å². The minimum absolute atomic E-state index is 0.0163. The van der Waals surface area contributed by atoms with Gasteiger partial charge in [0.1, 0.15) is 17.3 Å². The van der Waals surface area contributed by atoms with Gasteiger partial charge in [0, 0.05) is 11.8 Å². The van der Waals surface area contributed by atoms with E-state index in [-0.39, 0.29) is 29.3 Å². The first-order chi connectivity index (χ1) is 12.8. The number of fused-ring (bicyclic) bond motifs is 1. The van der Waals surface area contributed by atoms with Crippen LogP contribution in [0, 0.1) is 11.6 Å². The second-order valence-corrected chi connectivity index (χ2v) is 5.62. The molecule has 0 atom stereocenters. The summed E-state index contributed by atoms with van der Waals surface area (Å²) in [7, 11) is 0. The maximum atomic E-state index is 13.9. The molecule has 6 nitrogen and oxygen atoms in total. The number of rotatable bonds is 3. The van der Waals surface area contributed by atoms with E-state index in [2.05, 4.69) is 20.2 Å². The zero-order valence-corrected chi connectivity index (χ0v) is 13.3. The third-order valence-corrected chi connectivity index (χ3v) is 3.80. The van der Waals surface area contributed by atoms with Crippen molar-refractivity contribution in [3.05, 3.63) is 59.6 Å². The van der Waals surface area contributed by atoms with Crippen LogP contribution in [-0.2, 0) is 12.7 Å². The molecule has 11 heteroatoms. The SMILES string of the molecule is Fc1ccc(F)c(Cn2nc(-c3n[nH]c(C(F)(F)F)n3)c3cccnc32)c1. The number of benzene rings is 1. The Kier molecular flexibility index (Phi) is 3.86. The quantitative estimate of drug-likeness (QED) is 0.552. The van der Waals surface area contributed by atoms with Gasteiger partial charge in [0.05, 0.1) is 11.9 Å². The van der Waals surface area contributed by atoms with Gasteiger partial charge in [-0.2, -0.15) is 23.4 Å². The van der Waals surface area contributed by atoms with Crippen LogP contribution in [-0.4, -0.2) is 29.9 Å². The summed E-state index contributed by atoms with van der Waals surface area (Å²) in [5, 5.41) is 9.93. The molecule has 0 radical (unpaired) electrons. The Hall–Kier alpha value is -3.37. The molecule has 4 rings (SSSR count). The lowest BCUT2D eigenvalue weighted by Gasteiger charge is -2.04. The number of alkyl halides is 3. The summed E-state index contributed by atoms with van der Waals surface area (Å²) in [4.78, 5) is 7.55. The van der Waals surface area contributed by atoms with Crippen molar-refractivity contribution >= 4 is 11.0 Å². The van der Waals surface area contributed by atoms with Crippen molar-refractivity contribution in [1.29, 1.82) is 0 Å². The number of hydrogen-bond donors (Lipinski definition) is 1. The molecule has 3 heterocycles. The Bertz CT molecular complexity index is 1130. The predicted molar refractivity (Wildman–Crippen MR) is 83.4 cm³/mol. The third kappa shape index (κ3) is 3.11. The highest BCUT2D eigenvalue weighted by Gasteiger charge is 2.36. The van der Waals surface area contributed by atoms with Gasteiger partial charge in [-0.05, 0) is 30.3 Å². The first-order valence-electron chi connectivity index (χ1n) is 7.58. The van der Waals surface area contributed by atoms with E-state index in [0.717, 1.165) is 18.2 Å². The minimum Gasteiger partial charge on any atom is -0.255 e. The average molecular weight is 380 g/mol. The number of hydrogen-bond acceptors (Lipinski definition) is 4. The fourth-order valence-corrected chi connectivity index (χ4v) is 2.61. The number of pyridine rings is 1. The molecule has 0 saturated heterocycles. The molecule has 0 aliphatic carbocycles. The van der Waals surface area contributed by atoms with Crippen LogP contribution in [0.1, 0.15) is 11.4 Å². The second-order valence-electron chi connectivity index (χ2n) is 5.62. The predicted octanol–water partition coefficient (Wildman–Crippen LogP) is 3.56. The number of H-pyrrole nitrogens is 1. The standard InChI is InChI=1S/C16H9F5N6/c17-9-3-4-11(18)8(6-9)7-27-14-10(2-1-5-22-14)12(26-27)13-23-15(25-24-13)16(19,20)21/h1-6H,7H2,(H,23,24,25). The first kappa shape index (κ1) is 17.1. The van der Waals surface area contributed by atoms with Crippen LogP contribution in [0.2, 0.25) is 0 Å². The Morgan fingerprint density at radius 3 is 2.67 bits per heavy atom. The van der Waals surface area contributed by atoms with E-state index in [1.807, 2.05) is 5.10 Å². The first-order valence-corrected chi connectivity index (χ1v) is 7.58. The van der Waals surface area contributed by atoms with E-state index in [1.54, 1.807) is 12.1 Å². The van der Waals surface area contributed by atoms with Gasteiger partial charge in [-0.1, -0.05) is 0 Å². The molecule has 138 valence electrons. The number of halogens is 5. The lowest BCUT2D eigenvalue weighted by atomic mass is 10.2. The zero-order chi connectivity index (χ0) is 19.2. The smallest absolute Gasteiger partial charge is 0.255 e. The Morgan fingerprint density at radius 1 is 1.11 bits per heavy atom. The van der Waals surface area contributed by atoms with Crippen LogP contribution in [0.5, 0.6) is 0 Å². The summed E-state index contributed by atoms with van der Waals surface area (Å²) in [5.41, 5.74) is 0.332. The van der Waals surface area contributed by atoms with E-state index in [9.17, 15) is 22.0 Å². The van der Waals surface area contributed by atoms with Gasteiger partial charge in [-0.15, -0.1) is 0 Å². The highest BCUT2D eigenvalue weighted by atomic mass is 19.4. The summed E-state index contributed by atoms with van der Waals surface area (Å²) < 4.78 is 66.9. The molecule has 1 aromatic carbocycles. The maximum absolute atomic E-state index is 13.9. The molecule has 0 fully saturated rings. The van der Waals surface area contributed by atoms with Gasteiger partial charge in [-0.25, -0.2) is 23.4 Å². The zero-order valence-electron chi connectivity index (χ0n) is 13.3. The summed E-state index contributed by atoms with van der Waals surface area (Å²) in [5.74, 6) is -2.81. The fraction of sp³-hybridized carbons (Fsp3) is 0.125. The van der Waals surface area contributed by atoms with Crippen molar-refractivity contribution in [2.45, 2.75) is 12.7 Å². The summed E-state index contributed by atoms with van der Waals surface area (Å²) in [6, 6.07) is 6.12. The van der Waals surface area contributed by atoms with Crippen molar-refractivity contribution < 1.29 is 22.0 Å². The van der Waals surface area contributed by atoms with Crippen molar-refractivity contribution in [2.24, 2.45) is 0 Å². The van der Waals surface area contributed by atoms with E-state index in [0.29, 0.717) is 5.39 Å². The topological polar surface area (TPSA) is 72.3 Å². The fourth-order valence-electron chi connectivity index (χ4n) is 2.61. The molecule has 0 unspecified atom stereocenters. The molecule has 0 aliphatic rings. The van der Waals surface area contributed by atoms with Gasteiger partial charge in [0.15, 0.2) is 5.65 Å². The molecule has 0 spiro atoms. The average Bonchev–Trinajstić information content (AvgIpc) is 3.23. The number of nitrogens with one attached hydrogen (secondary N) is 1. The molecular formula is C16H9F5N6. The van der Waals surface area contributed by atoms with E-state index >= 15 is 0 Å². The summed E-state index contributed by atoms with van der Waals surface area (Å²) in [6.07, 6.45) is -3.24. The molecule has 1 N–H and O–H groups in total. The Labute approximate surface area is 147 Å². The monoisotopic (exact) mass is 380 g/mol. The Balaban J connectivity index is 1.82. The Morgan fingerprint density at radius 2 is 1.93 bits per heavy atom. The summed E-state index contributed by atoms with van der Waals surface area (Å²) in [6.45, 7) is -0.173. The minimum atomic E-state index is -4.69. The number of aromatic nitrogens is 6. The molecule has 4 aromatic rings. The molecule has 0 saturated carbocycles. The van der Waals surface area contributed by atoms with E-state index < -0.39 is 23.6 Å². The van der Waals surface area contributed by atoms with Gasteiger partial charge < -0.3 is 0 Å². The molecular weight excluding hydrogens is 371 g/mol. The van der Waals surface area contributed by atoms with Gasteiger partial charge in [0.25, 0.3) is 0 Å². The maximum Gasteiger partial charge on any atom is 0.451 e. The van der Waals surface area contributed by atoms with Crippen molar-refractivity contribution in [1.82, 2.24) is 29.9 Å². The summed E-state index contributed by atoms with van der Waals surface area (Å²) >= 11 is 0. The van der Waals surface area contributed by atoms with Crippen LogP contribution < -0.4 is 0 Å².